The van der Waals surface area contributed by atoms with Gasteiger partial charge in [-0.05, 0) is 18.1 Å². The minimum atomic E-state index is -0.152. The van der Waals surface area contributed by atoms with Crippen LogP contribution in [0.1, 0.15) is 50.9 Å². The van der Waals surface area contributed by atoms with Crippen LogP contribution in [0.5, 0.6) is 0 Å². The largest absolute Gasteiger partial charge is 0.339 e. The van der Waals surface area contributed by atoms with Crippen molar-refractivity contribution in [1.29, 1.82) is 0 Å². The van der Waals surface area contributed by atoms with Crippen molar-refractivity contribution in [2.45, 2.75) is 45.4 Å². The molecule has 0 saturated carbocycles. The summed E-state index contributed by atoms with van der Waals surface area (Å²) in [7, 11) is 0. The fourth-order valence-electron chi connectivity index (χ4n) is 2.68. The quantitative estimate of drug-likeness (QED) is 0.862. The lowest BCUT2D eigenvalue weighted by Gasteiger charge is -2.22. The van der Waals surface area contributed by atoms with Gasteiger partial charge in [-0.3, -0.25) is 4.79 Å². The highest BCUT2D eigenvalue weighted by Gasteiger charge is 2.23. The highest BCUT2D eigenvalue weighted by Crippen LogP contribution is 2.26. The van der Waals surface area contributed by atoms with Gasteiger partial charge in [-0.15, -0.1) is 0 Å². The number of para-hydroxylation sites is 1. The topological polar surface area (TPSA) is 59.2 Å². The molecule has 0 radical (unpaired) electrons. The van der Waals surface area contributed by atoms with E-state index in [1.807, 2.05) is 49.9 Å². The van der Waals surface area contributed by atoms with Crippen molar-refractivity contribution in [2.24, 2.45) is 0 Å². The third kappa shape index (κ3) is 3.55. The number of carbonyl (C=O) groups is 1. The van der Waals surface area contributed by atoms with Crippen LogP contribution in [0.2, 0.25) is 0 Å². The molecular formula is C19H23N3O2. The fraction of sp³-hybridized carbons (Fsp3) is 0.421. The fourth-order valence-corrected chi connectivity index (χ4v) is 2.68. The first-order valence-corrected chi connectivity index (χ1v) is 8.34. The summed E-state index contributed by atoms with van der Waals surface area (Å²) in [5, 5.41) is 4.01. The van der Waals surface area contributed by atoms with Gasteiger partial charge in [-0.1, -0.05) is 56.3 Å². The maximum absolute atomic E-state index is 12.7. The first-order valence-electron chi connectivity index (χ1n) is 8.34. The smallest absolute Gasteiger partial charge is 0.227 e. The molecule has 5 nitrogen and oxygen atoms in total. The number of hydrogen-bond acceptors (Lipinski definition) is 4. The Kier molecular flexibility index (Phi) is 4.51. The molecule has 0 N–H and O–H groups in total. The van der Waals surface area contributed by atoms with E-state index in [9.17, 15) is 4.79 Å². The number of benzene rings is 1. The van der Waals surface area contributed by atoms with Crippen LogP contribution in [0.15, 0.2) is 34.9 Å². The predicted molar refractivity (Wildman–Crippen MR) is 93.8 cm³/mol. The van der Waals surface area contributed by atoms with Gasteiger partial charge in [0.1, 0.15) is 0 Å². The van der Waals surface area contributed by atoms with Crippen LogP contribution in [0.4, 0.5) is 5.69 Å². The second-order valence-corrected chi connectivity index (χ2v) is 7.06. The SMILES string of the molecule is CC(C)(C)c1noc(CCC(=O)N2CCC=Cc3ccccc32)n1. The van der Waals surface area contributed by atoms with Gasteiger partial charge in [0.25, 0.3) is 0 Å². The molecule has 1 aliphatic rings. The second-order valence-electron chi connectivity index (χ2n) is 7.06. The zero-order valence-corrected chi connectivity index (χ0v) is 14.5. The average molecular weight is 325 g/mol. The van der Waals surface area contributed by atoms with Crippen molar-refractivity contribution in [2.75, 3.05) is 11.4 Å². The van der Waals surface area contributed by atoms with Gasteiger partial charge in [0.2, 0.25) is 11.8 Å². The molecule has 126 valence electrons. The van der Waals surface area contributed by atoms with Crippen LogP contribution in [0, 0.1) is 0 Å². The Hall–Kier alpha value is -2.43. The van der Waals surface area contributed by atoms with Crippen molar-refractivity contribution >= 4 is 17.7 Å². The number of aryl methyl sites for hydroxylation is 1. The highest BCUT2D eigenvalue weighted by atomic mass is 16.5. The molecule has 1 aromatic carbocycles. The maximum atomic E-state index is 12.7. The van der Waals surface area contributed by atoms with Gasteiger partial charge in [0.05, 0.1) is 5.69 Å². The number of amides is 1. The Balaban J connectivity index is 1.69. The molecule has 1 aromatic heterocycles. The van der Waals surface area contributed by atoms with Crippen LogP contribution in [-0.4, -0.2) is 22.6 Å². The zero-order valence-electron chi connectivity index (χ0n) is 14.5. The minimum Gasteiger partial charge on any atom is -0.339 e. The highest BCUT2D eigenvalue weighted by molar-refractivity contribution is 5.95. The molecule has 24 heavy (non-hydrogen) atoms. The number of anilines is 1. The van der Waals surface area contributed by atoms with Gasteiger partial charge in [0, 0.05) is 24.8 Å². The molecule has 0 fully saturated rings. The molecule has 0 bridgehead atoms. The summed E-state index contributed by atoms with van der Waals surface area (Å²) in [6.07, 6.45) is 5.87. The number of aromatic nitrogens is 2. The molecule has 1 amide bonds. The lowest BCUT2D eigenvalue weighted by Crippen LogP contribution is -2.32. The summed E-state index contributed by atoms with van der Waals surface area (Å²) in [6, 6.07) is 7.98. The first-order chi connectivity index (χ1) is 11.4. The Bertz CT molecular complexity index is 756. The molecule has 0 atom stereocenters. The second kappa shape index (κ2) is 6.59. The lowest BCUT2D eigenvalue weighted by atomic mass is 9.96. The van der Waals surface area contributed by atoms with Crippen LogP contribution >= 0.6 is 0 Å². The first kappa shape index (κ1) is 16.4. The zero-order chi connectivity index (χ0) is 17.2. The van der Waals surface area contributed by atoms with Crippen molar-refractivity contribution in [3.8, 4) is 0 Å². The van der Waals surface area contributed by atoms with Crippen molar-refractivity contribution in [3.05, 3.63) is 47.6 Å². The standard InChI is InChI=1S/C19H23N3O2/c1-19(2,3)18-20-16(24-21-18)11-12-17(23)22-13-7-6-9-14-8-4-5-10-15(14)22/h4-6,8-10H,7,11-13H2,1-3H3. The molecule has 5 heteroatoms. The molecule has 0 spiro atoms. The Morgan fingerprint density at radius 3 is 2.83 bits per heavy atom. The Labute approximate surface area is 142 Å². The third-order valence-electron chi connectivity index (χ3n) is 4.04. The summed E-state index contributed by atoms with van der Waals surface area (Å²) in [6.45, 7) is 6.80. The van der Waals surface area contributed by atoms with Crippen molar-refractivity contribution < 1.29 is 9.32 Å². The summed E-state index contributed by atoms with van der Waals surface area (Å²) in [5.41, 5.74) is 1.90. The van der Waals surface area contributed by atoms with E-state index in [0.717, 1.165) is 17.7 Å². The van der Waals surface area contributed by atoms with Crippen molar-refractivity contribution in [3.63, 3.8) is 0 Å². The number of nitrogens with zero attached hydrogens (tertiary/aromatic N) is 3. The van der Waals surface area contributed by atoms with Crippen LogP contribution in [0.3, 0.4) is 0 Å². The maximum Gasteiger partial charge on any atom is 0.227 e. The van der Waals surface area contributed by atoms with Crippen LogP contribution in [0.25, 0.3) is 6.08 Å². The molecule has 1 aliphatic heterocycles. The van der Waals surface area contributed by atoms with Gasteiger partial charge in [0.15, 0.2) is 5.82 Å². The summed E-state index contributed by atoms with van der Waals surface area (Å²) >= 11 is 0. The van der Waals surface area contributed by atoms with Gasteiger partial charge < -0.3 is 9.42 Å². The molecule has 2 heterocycles. The number of fused-ring (bicyclic) bond motifs is 1. The molecule has 0 aliphatic carbocycles. The van der Waals surface area contributed by atoms with E-state index in [0.29, 0.717) is 31.1 Å². The summed E-state index contributed by atoms with van der Waals surface area (Å²) in [4.78, 5) is 19.0. The van der Waals surface area contributed by atoms with Gasteiger partial charge in [-0.2, -0.15) is 4.98 Å². The van der Waals surface area contributed by atoms with Crippen LogP contribution in [-0.2, 0) is 16.6 Å². The van der Waals surface area contributed by atoms with E-state index >= 15 is 0 Å². The third-order valence-corrected chi connectivity index (χ3v) is 4.04. The average Bonchev–Trinajstić information content (AvgIpc) is 2.93. The minimum absolute atomic E-state index is 0.0849. The molecule has 3 rings (SSSR count). The normalized spacial score (nSPS) is 14.4. The van der Waals surface area contributed by atoms with Crippen molar-refractivity contribution in [1.82, 2.24) is 10.1 Å². The number of carbonyl (C=O) groups excluding carboxylic acids is 1. The van der Waals surface area contributed by atoms with E-state index in [1.165, 1.54) is 0 Å². The van der Waals surface area contributed by atoms with E-state index in [4.69, 9.17) is 4.52 Å². The van der Waals surface area contributed by atoms with Crippen LogP contribution < -0.4 is 4.90 Å². The Morgan fingerprint density at radius 2 is 2.08 bits per heavy atom. The Morgan fingerprint density at radius 1 is 1.29 bits per heavy atom. The van der Waals surface area contributed by atoms with E-state index < -0.39 is 0 Å². The molecular weight excluding hydrogens is 302 g/mol. The van der Waals surface area contributed by atoms with E-state index in [-0.39, 0.29) is 11.3 Å². The molecule has 0 unspecified atom stereocenters. The summed E-state index contributed by atoms with van der Waals surface area (Å²) < 4.78 is 5.28. The molecule has 0 saturated heterocycles. The molecule has 2 aromatic rings. The number of rotatable bonds is 3. The van der Waals surface area contributed by atoms with E-state index in [2.05, 4.69) is 22.3 Å². The van der Waals surface area contributed by atoms with E-state index in [1.54, 1.807) is 0 Å². The van der Waals surface area contributed by atoms with Gasteiger partial charge in [-0.25, -0.2) is 0 Å². The monoisotopic (exact) mass is 325 g/mol. The summed E-state index contributed by atoms with van der Waals surface area (Å²) in [5.74, 6) is 1.28. The van der Waals surface area contributed by atoms with Gasteiger partial charge >= 0.3 is 0 Å². The number of hydrogen-bond donors (Lipinski definition) is 0. The lowest BCUT2D eigenvalue weighted by molar-refractivity contribution is -0.118. The predicted octanol–water partition coefficient (Wildman–Crippen LogP) is 3.75.